The van der Waals surface area contributed by atoms with Crippen molar-refractivity contribution in [3.05, 3.63) is 265 Å². The molecule has 3 saturated heterocycles. The van der Waals surface area contributed by atoms with Gasteiger partial charge in [0.15, 0.2) is 58.0 Å². The number of phenols is 2. The maximum absolute atomic E-state index is 15.2. The Morgan fingerprint density at radius 1 is 0.376 bits per heavy atom. The SMILES string of the molecule is C=CC(=O)N1[C@H](C)CN(c2c(C#N)c(=O)n(-c3c(C)ccnc3C(C)C)c3nc(-c4c(F)c(F)c(F)c(F)c4F)c(Cl)cc23)C[C@@H]1C.C=CC(=O)N1[C@H](C)CN(c2c(C#N)c(=O)n(-c3c(C)ccnc3C(C)C)c3nc(-c4c(O)c(F)c(F)c(F)c4F)c(Cl)cc23)C[C@@H]1C.C=CC(=O)N1[C@H](C)CN(c2c(C#N)c(=O)n(-c3c(C)ccnc3C(C)C)c3nc(-c4c(O)c(F)c(F)c(F)c4F)c(Cl)cc23)C[C@@H]1C. The van der Waals surface area contributed by atoms with Crippen molar-refractivity contribution < 1.29 is 81.7 Å². The number of piperazine rings is 3. The summed E-state index contributed by atoms with van der Waals surface area (Å²) in [5.74, 6) is -32.8. The highest BCUT2D eigenvalue weighted by molar-refractivity contribution is 6.35. The van der Waals surface area contributed by atoms with Crippen molar-refractivity contribution in [3.63, 3.8) is 0 Å². The fourth-order valence-electron chi connectivity index (χ4n) is 18.7. The zero-order valence-corrected chi connectivity index (χ0v) is 80.2. The Balaban J connectivity index is 0.000000178. The van der Waals surface area contributed by atoms with Gasteiger partial charge in [-0.25, -0.2) is 63.2 Å². The number of hydrogen-bond donors (Lipinski definition) is 2. The molecular weight excluding hydrogens is 1920 g/mol. The first kappa shape index (κ1) is 104. The molecular formula is C99H86Cl3F13N18O8. The van der Waals surface area contributed by atoms with Crippen LogP contribution in [0.1, 0.15) is 151 Å². The highest BCUT2D eigenvalue weighted by Crippen LogP contribution is 2.48. The lowest BCUT2D eigenvalue weighted by Gasteiger charge is -2.45. The van der Waals surface area contributed by atoms with Gasteiger partial charge in [-0.15, -0.1) is 0 Å². The fraction of sp³-hybridized carbons (Fsp3) is 0.303. The quantitative estimate of drug-likeness (QED) is 0.0417. The van der Waals surface area contributed by atoms with Crippen molar-refractivity contribution >= 4 is 103 Å². The molecule has 0 bridgehead atoms. The van der Waals surface area contributed by atoms with Crippen LogP contribution in [0.2, 0.25) is 15.1 Å². The van der Waals surface area contributed by atoms with Crippen LogP contribution < -0.4 is 31.4 Å². The average molecular weight is 2010 g/mol. The Morgan fingerprint density at radius 2 is 0.589 bits per heavy atom. The molecule has 3 aliphatic rings. The fourth-order valence-corrected chi connectivity index (χ4v) is 19.5. The number of nitrogens with zero attached hydrogens (tertiary/aromatic N) is 18. The summed E-state index contributed by atoms with van der Waals surface area (Å²) in [7, 11) is 0. The smallest absolute Gasteiger partial charge is 0.276 e. The molecule has 15 rings (SSSR count). The predicted molar refractivity (Wildman–Crippen MR) is 505 cm³/mol. The third kappa shape index (κ3) is 17.8. The van der Waals surface area contributed by atoms with Crippen molar-refractivity contribution in [1.82, 2.24) is 58.3 Å². The van der Waals surface area contributed by atoms with Gasteiger partial charge in [0.2, 0.25) is 46.8 Å². The third-order valence-electron chi connectivity index (χ3n) is 24.7. The maximum Gasteiger partial charge on any atom is 0.276 e. The molecule has 0 radical (unpaired) electrons. The Kier molecular flexibility index (Phi) is 29.6. The normalized spacial score (nSPS) is 16.6. The zero-order valence-electron chi connectivity index (χ0n) is 77.9. The van der Waals surface area contributed by atoms with Crippen LogP contribution in [0, 0.1) is 130 Å². The number of benzene rings is 3. The van der Waals surface area contributed by atoms with Gasteiger partial charge in [-0.1, -0.05) is 96.1 Å². The molecule has 3 amide bonds. The van der Waals surface area contributed by atoms with Gasteiger partial charge in [0, 0.05) is 110 Å². The van der Waals surface area contributed by atoms with Gasteiger partial charge in [-0.2, -0.15) is 24.6 Å². The van der Waals surface area contributed by atoms with Crippen molar-refractivity contribution in [2.24, 2.45) is 0 Å². The molecule has 0 spiro atoms. The number of aromatic hydroxyl groups is 2. The number of aromatic nitrogens is 9. The molecule has 0 saturated carbocycles. The Morgan fingerprint density at radius 3 is 0.809 bits per heavy atom. The lowest BCUT2D eigenvalue weighted by Crippen LogP contribution is -2.58. The van der Waals surface area contributed by atoms with E-state index in [1.165, 1.54) is 42.6 Å². The number of pyridine rings is 9. The number of rotatable bonds is 15. The zero-order chi connectivity index (χ0) is 104. The van der Waals surface area contributed by atoms with Gasteiger partial charge in [-0.05, 0) is 151 Å². The number of carbonyl (C=O) groups is 3. The van der Waals surface area contributed by atoms with Crippen molar-refractivity contribution in [3.8, 4) is 80.5 Å². The molecule has 6 atom stereocenters. The van der Waals surface area contributed by atoms with E-state index in [-0.39, 0.29) is 159 Å². The number of carbonyl (C=O) groups excluding carboxylic acids is 3. The molecule has 12 aromatic rings. The van der Waals surface area contributed by atoms with Crippen molar-refractivity contribution in [2.45, 2.75) is 158 Å². The number of halogens is 16. The summed E-state index contributed by atoms with van der Waals surface area (Å²) in [6.45, 7) is 38.4. The van der Waals surface area contributed by atoms with Gasteiger partial charge in [-0.3, -0.25) is 57.4 Å². The van der Waals surface area contributed by atoms with E-state index in [1.807, 2.05) is 59.8 Å². The first-order chi connectivity index (χ1) is 66.5. The van der Waals surface area contributed by atoms with Crippen LogP contribution in [-0.4, -0.2) is 162 Å². The molecule has 3 fully saturated rings. The maximum atomic E-state index is 15.2. The van der Waals surface area contributed by atoms with Crippen LogP contribution in [0.15, 0.2) is 107 Å². The van der Waals surface area contributed by atoms with E-state index < -0.39 is 189 Å². The van der Waals surface area contributed by atoms with E-state index in [9.17, 15) is 94.3 Å². The molecule has 0 aliphatic carbocycles. The van der Waals surface area contributed by atoms with Crippen LogP contribution in [0.3, 0.4) is 0 Å². The first-order valence-electron chi connectivity index (χ1n) is 43.6. The summed E-state index contributed by atoms with van der Waals surface area (Å²) in [5, 5.41) is 51.1. The molecule has 141 heavy (non-hydrogen) atoms. The summed E-state index contributed by atoms with van der Waals surface area (Å²) in [4.78, 5) is 118. The molecule has 732 valence electrons. The van der Waals surface area contributed by atoms with E-state index in [1.54, 1.807) is 122 Å². The Bertz CT molecular complexity index is 6860. The van der Waals surface area contributed by atoms with E-state index in [4.69, 9.17) is 34.8 Å². The second-order valence-corrected chi connectivity index (χ2v) is 36.3. The second kappa shape index (κ2) is 40.2. The van der Waals surface area contributed by atoms with Crippen LogP contribution >= 0.6 is 34.8 Å². The summed E-state index contributed by atoms with van der Waals surface area (Å²) in [6.07, 6.45) is 8.19. The minimum Gasteiger partial charge on any atom is -0.504 e. The molecule has 42 heteroatoms. The highest BCUT2D eigenvalue weighted by Gasteiger charge is 2.43. The molecule has 3 aliphatic heterocycles. The standard InChI is InChI=1S/C33H28ClF5N6O2.2C33H29ClF4N6O3/c1-7-21(46)44-16(5)12-43(13-17(44)6)31-18-10-20(34)29(22-23(35)25(37)27(39)26(38)24(22)36)42-32(18)45(33(47)19(31)11-40)30-15(4)8-9-41-28(30)14(2)3;2*1-7-21(45)43-16(5)12-42(13-17(43)6)30-18-10-20(34)28(22-23(35)24(36)25(37)26(38)31(22)46)41-32(18)44(33(47)19(30)11-39)29-15(4)8-9-40-27(29)14(2)3/h7-10,14,16-17H,1,12-13H2,2-6H3;2*7-10,14,16-17,46H,1,12-13H2,2-6H3/t3*16-,17+. The average Bonchev–Trinajstić information content (AvgIpc) is 0.725. The molecule has 0 unspecified atom stereocenters. The van der Waals surface area contributed by atoms with Gasteiger partial charge in [0.1, 0.15) is 51.8 Å². The Hall–Kier alpha value is -14.8. The summed E-state index contributed by atoms with van der Waals surface area (Å²) >= 11 is 19.7. The molecule has 3 aromatic carbocycles. The summed E-state index contributed by atoms with van der Waals surface area (Å²) in [5.41, 5.74) is -6.07. The molecule has 12 heterocycles. The number of anilines is 3. The number of amides is 3. The van der Waals surface area contributed by atoms with Crippen LogP contribution in [0.4, 0.5) is 74.1 Å². The molecule has 26 nitrogen and oxygen atoms in total. The minimum absolute atomic E-state index is 0.0825. The van der Waals surface area contributed by atoms with E-state index in [0.29, 0.717) is 33.8 Å². The number of fused-ring (bicyclic) bond motifs is 3. The topological polar surface area (TPSA) is 326 Å². The molecule has 9 aromatic heterocycles. The number of phenolic OH excluding ortho intramolecular Hbond substituents is 2. The summed E-state index contributed by atoms with van der Waals surface area (Å²) < 4.78 is 193. The number of aryl methyl sites for hydroxylation is 3. The van der Waals surface area contributed by atoms with Gasteiger partial charge < -0.3 is 39.6 Å². The third-order valence-corrected chi connectivity index (χ3v) is 25.6. The monoisotopic (exact) mass is 2010 g/mol. The van der Waals surface area contributed by atoms with Crippen LogP contribution in [0.5, 0.6) is 11.5 Å². The van der Waals surface area contributed by atoms with Crippen LogP contribution in [-0.2, 0) is 14.4 Å². The minimum atomic E-state index is -2.36. The number of nitriles is 3. The number of hydrogen-bond acceptors (Lipinski definition) is 20. The van der Waals surface area contributed by atoms with E-state index >= 15 is 17.6 Å². The largest absolute Gasteiger partial charge is 0.504 e. The van der Waals surface area contributed by atoms with Gasteiger partial charge >= 0.3 is 0 Å². The van der Waals surface area contributed by atoms with Crippen LogP contribution in [0.25, 0.3) is 83.9 Å². The van der Waals surface area contributed by atoms with Crippen molar-refractivity contribution in [2.75, 3.05) is 54.0 Å². The highest BCUT2D eigenvalue weighted by atomic mass is 35.5. The van der Waals surface area contributed by atoms with Gasteiger partial charge in [0.25, 0.3) is 16.7 Å². The lowest BCUT2D eigenvalue weighted by molar-refractivity contribution is -0.131. The first-order valence-corrected chi connectivity index (χ1v) is 44.8. The molecule has 2 N–H and O–H groups in total. The Labute approximate surface area is 811 Å². The van der Waals surface area contributed by atoms with E-state index in [0.717, 1.165) is 13.7 Å². The predicted octanol–water partition coefficient (Wildman–Crippen LogP) is 19.3. The van der Waals surface area contributed by atoms with E-state index in [2.05, 4.69) is 49.6 Å². The lowest BCUT2D eigenvalue weighted by atomic mass is 10.0. The second-order valence-electron chi connectivity index (χ2n) is 35.1. The van der Waals surface area contributed by atoms with Gasteiger partial charge in [0.05, 0.1) is 100 Å². The summed E-state index contributed by atoms with van der Waals surface area (Å²) in [6, 6.07) is 12.1. The van der Waals surface area contributed by atoms with Crippen molar-refractivity contribution in [1.29, 1.82) is 15.8 Å².